The number of aromatic hydroxyl groups is 1. The number of ether oxygens (including phenoxy) is 2. The Kier molecular flexibility index (Phi) is 8.34. The minimum Gasteiger partial charge on any atom is -0.507 e. The van der Waals surface area contributed by atoms with Crippen LogP contribution in [0.5, 0.6) is 5.75 Å². The smallest absolute Gasteiger partial charge is 0.257 e. The van der Waals surface area contributed by atoms with Crippen molar-refractivity contribution in [1.82, 2.24) is 4.90 Å². The highest BCUT2D eigenvalue weighted by molar-refractivity contribution is 9.10. The Morgan fingerprint density at radius 3 is 2.24 bits per heavy atom. The molecule has 1 aromatic rings. The molecular formula is C15H22BrNO4. The van der Waals surface area contributed by atoms with Crippen LogP contribution in [0.2, 0.25) is 0 Å². The molecule has 1 N–H and O–H groups in total. The average Bonchev–Trinajstić information content (AvgIpc) is 2.45. The summed E-state index contributed by atoms with van der Waals surface area (Å²) in [6.07, 6.45) is 0. The Labute approximate surface area is 134 Å². The van der Waals surface area contributed by atoms with Crippen LogP contribution in [-0.2, 0) is 9.47 Å². The molecule has 0 aromatic heterocycles. The lowest BCUT2D eigenvalue weighted by molar-refractivity contribution is 0.0547. The molecule has 0 saturated carbocycles. The van der Waals surface area contributed by atoms with Crippen molar-refractivity contribution < 1.29 is 19.4 Å². The monoisotopic (exact) mass is 359 g/mol. The molecule has 0 spiro atoms. The van der Waals surface area contributed by atoms with Crippen molar-refractivity contribution in [1.29, 1.82) is 0 Å². The molecule has 1 aromatic carbocycles. The van der Waals surface area contributed by atoms with Crippen LogP contribution < -0.4 is 0 Å². The Balaban J connectivity index is 2.76. The summed E-state index contributed by atoms with van der Waals surface area (Å²) in [7, 11) is 0. The zero-order valence-electron chi connectivity index (χ0n) is 12.5. The van der Waals surface area contributed by atoms with Crippen LogP contribution >= 0.6 is 15.9 Å². The number of rotatable bonds is 9. The van der Waals surface area contributed by atoms with Crippen molar-refractivity contribution in [2.24, 2.45) is 0 Å². The number of carbonyl (C=O) groups excluding carboxylic acids is 1. The van der Waals surface area contributed by atoms with Gasteiger partial charge in [0.1, 0.15) is 5.75 Å². The maximum absolute atomic E-state index is 12.5. The molecule has 0 aliphatic heterocycles. The first kappa shape index (κ1) is 17.9. The molecule has 6 heteroatoms. The molecule has 0 unspecified atom stereocenters. The van der Waals surface area contributed by atoms with Gasteiger partial charge in [0.2, 0.25) is 0 Å². The van der Waals surface area contributed by atoms with Gasteiger partial charge in [-0.15, -0.1) is 0 Å². The topological polar surface area (TPSA) is 59.0 Å². The molecule has 0 aliphatic carbocycles. The minimum absolute atomic E-state index is 0.0350. The summed E-state index contributed by atoms with van der Waals surface area (Å²) in [5, 5.41) is 9.91. The summed E-state index contributed by atoms with van der Waals surface area (Å²) in [5.74, 6) is -0.258. The molecule has 0 atom stereocenters. The summed E-state index contributed by atoms with van der Waals surface area (Å²) >= 11 is 3.26. The fraction of sp³-hybridized carbons (Fsp3) is 0.533. The summed E-state index contributed by atoms with van der Waals surface area (Å²) in [6, 6.07) is 4.85. The van der Waals surface area contributed by atoms with Gasteiger partial charge in [-0.3, -0.25) is 4.79 Å². The van der Waals surface area contributed by atoms with Crippen LogP contribution in [0.3, 0.4) is 0 Å². The molecule has 0 fully saturated rings. The summed E-state index contributed by atoms with van der Waals surface area (Å²) in [6.45, 7) is 6.90. The van der Waals surface area contributed by atoms with E-state index in [2.05, 4.69) is 15.9 Å². The zero-order valence-corrected chi connectivity index (χ0v) is 14.1. The summed E-state index contributed by atoms with van der Waals surface area (Å²) < 4.78 is 11.3. The Hall–Kier alpha value is -1.11. The van der Waals surface area contributed by atoms with E-state index in [4.69, 9.17) is 9.47 Å². The number of nitrogens with zero attached hydrogens (tertiary/aromatic N) is 1. The van der Waals surface area contributed by atoms with E-state index in [1.165, 1.54) is 6.07 Å². The highest BCUT2D eigenvalue weighted by Gasteiger charge is 2.18. The zero-order chi connectivity index (χ0) is 15.7. The van der Waals surface area contributed by atoms with Gasteiger partial charge in [0.05, 0.1) is 18.8 Å². The third-order valence-corrected chi connectivity index (χ3v) is 3.39. The number of hydrogen-bond donors (Lipinski definition) is 1. The standard InChI is InChI=1S/C15H22BrNO4/c1-3-20-9-7-17(8-10-21-4-2)15(19)13-6-5-12(16)11-14(13)18/h5-6,11,18H,3-4,7-10H2,1-2H3. The van der Waals surface area contributed by atoms with Gasteiger partial charge in [-0.1, -0.05) is 15.9 Å². The van der Waals surface area contributed by atoms with E-state index in [9.17, 15) is 9.90 Å². The molecule has 118 valence electrons. The number of halogens is 1. The van der Waals surface area contributed by atoms with Gasteiger partial charge in [-0.2, -0.15) is 0 Å². The predicted octanol–water partition coefficient (Wildman–Crippen LogP) is 2.67. The number of phenolic OH excluding ortho intramolecular Hbond substituents is 1. The fourth-order valence-corrected chi connectivity index (χ4v) is 2.16. The average molecular weight is 360 g/mol. The second kappa shape index (κ2) is 9.76. The lowest BCUT2D eigenvalue weighted by Gasteiger charge is -2.23. The van der Waals surface area contributed by atoms with Gasteiger partial charge in [0, 0.05) is 30.8 Å². The van der Waals surface area contributed by atoms with Crippen molar-refractivity contribution in [3.05, 3.63) is 28.2 Å². The highest BCUT2D eigenvalue weighted by Crippen LogP contribution is 2.23. The van der Waals surface area contributed by atoms with Crippen LogP contribution in [0.4, 0.5) is 0 Å². The molecule has 1 amide bonds. The molecule has 1 rings (SSSR count). The van der Waals surface area contributed by atoms with E-state index >= 15 is 0 Å². The fourth-order valence-electron chi connectivity index (χ4n) is 1.81. The van der Waals surface area contributed by atoms with E-state index in [0.717, 1.165) is 4.47 Å². The van der Waals surface area contributed by atoms with E-state index < -0.39 is 0 Å². The minimum atomic E-state index is -0.223. The van der Waals surface area contributed by atoms with Gasteiger partial charge in [-0.05, 0) is 32.0 Å². The van der Waals surface area contributed by atoms with Gasteiger partial charge in [0.25, 0.3) is 5.91 Å². The first-order chi connectivity index (χ1) is 10.1. The van der Waals surface area contributed by atoms with Gasteiger partial charge in [-0.25, -0.2) is 0 Å². The third-order valence-electron chi connectivity index (χ3n) is 2.90. The first-order valence-corrected chi connectivity index (χ1v) is 7.82. The normalized spacial score (nSPS) is 10.6. The molecule has 0 saturated heterocycles. The quantitative estimate of drug-likeness (QED) is 0.688. The second-order valence-electron chi connectivity index (χ2n) is 4.35. The van der Waals surface area contributed by atoms with Crippen LogP contribution in [-0.4, -0.2) is 55.4 Å². The maximum atomic E-state index is 12.5. The van der Waals surface area contributed by atoms with E-state index in [-0.39, 0.29) is 17.2 Å². The third kappa shape index (κ3) is 6.03. The van der Waals surface area contributed by atoms with Crippen LogP contribution in [0.15, 0.2) is 22.7 Å². The molecule has 0 bridgehead atoms. The Bertz CT molecular complexity index is 443. The molecule has 21 heavy (non-hydrogen) atoms. The Morgan fingerprint density at radius 2 is 1.76 bits per heavy atom. The first-order valence-electron chi connectivity index (χ1n) is 7.03. The molecule has 5 nitrogen and oxygen atoms in total. The van der Waals surface area contributed by atoms with Crippen molar-refractivity contribution in [3.8, 4) is 5.75 Å². The van der Waals surface area contributed by atoms with Gasteiger partial charge < -0.3 is 19.5 Å². The van der Waals surface area contributed by atoms with Crippen molar-refractivity contribution in [3.63, 3.8) is 0 Å². The molecule has 0 aliphatic rings. The van der Waals surface area contributed by atoms with Crippen molar-refractivity contribution in [2.45, 2.75) is 13.8 Å². The maximum Gasteiger partial charge on any atom is 0.257 e. The predicted molar refractivity (Wildman–Crippen MR) is 84.7 cm³/mol. The van der Waals surface area contributed by atoms with E-state index in [1.54, 1.807) is 17.0 Å². The SMILES string of the molecule is CCOCCN(CCOCC)C(=O)c1ccc(Br)cc1O. The largest absolute Gasteiger partial charge is 0.507 e. The summed E-state index contributed by atoms with van der Waals surface area (Å²) in [4.78, 5) is 14.1. The number of phenols is 1. The second-order valence-corrected chi connectivity index (χ2v) is 5.26. The van der Waals surface area contributed by atoms with Crippen LogP contribution in [0.25, 0.3) is 0 Å². The van der Waals surface area contributed by atoms with Crippen molar-refractivity contribution >= 4 is 21.8 Å². The number of benzene rings is 1. The number of amides is 1. The lowest BCUT2D eigenvalue weighted by atomic mass is 10.1. The van der Waals surface area contributed by atoms with E-state index in [0.29, 0.717) is 39.5 Å². The van der Waals surface area contributed by atoms with Crippen LogP contribution in [0.1, 0.15) is 24.2 Å². The van der Waals surface area contributed by atoms with Gasteiger partial charge in [0.15, 0.2) is 0 Å². The lowest BCUT2D eigenvalue weighted by Crippen LogP contribution is -2.36. The molecular weight excluding hydrogens is 338 g/mol. The summed E-state index contributed by atoms with van der Waals surface area (Å²) in [5.41, 5.74) is 0.284. The number of hydrogen-bond acceptors (Lipinski definition) is 4. The van der Waals surface area contributed by atoms with Crippen molar-refractivity contribution in [2.75, 3.05) is 39.5 Å². The van der Waals surface area contributed by atoms with Gasteiger partial charge >= 0.3 is 0 Å². The van der Waals surface area contributed by atoms with E-state index in [1.807, 2.05) is 13.8 Å². The van der Waals surface area contributed by atoms with Crippen LogP contribution in [0, 0.1) is 0 Å². The number of carbonyl (C=O) groups is 1. The molecule has 0 radical (unpaired) electrons. The Morgan fingerprint density at radius 1 is 1.19 bits per heavy atom. The highest BCUT2D eigenvalue weighted by atomic mass is 79.9. The molecule has 0 heterocycles.